The van der Waals surface area contributed by atoms with Gasteiger partial charge in [0.05, 0.1) is 23.1 Å². The van der Waals surface area contributed by atoms with Crippen LogP contribution in [0.2, 0.25) is 0 Å². The van der Waals surface area contributed by atoms with Crippen LogP contribution in [0.5, 0.6) is 5.75 Å². The minimum absolute atomic E-state index is 0.271. The molecule has 0 spiro atoms. The second-order valence-electron chi connectivity index (χ2n) is 7.34. The molecule has 0 saturated carbocycles. The van der Waals surface area contributed by atoms with E-state index in [2.05, 4.69) is 20.6 Å². The van der Waals surface area contributed by atoms with Gasteiger partial charge in [-0.05, 0) is 61.0 Å². The van der Waals surface area contributed by atoms with E-state index in [1.165, 1.54) is 28.9 Å². The highest BCUT2D eigenvalue weighted by molar-refractivity contribution is 5.94. The summed E-state index contributed by atoms with van der Waals surface area (Å²) < 4.78 is 29.0. The second kappa shape index (κ2) is 7.73. The third-order valence-electron chi connectivity index (χ3n) is 5.13. The van der Waals surface area contributed by atoms with Crippen LogP contribution in [0.1, 0.15) is 5.56 Å². The zero-order valence-electron chi connectivity index (χ0n) is 16.9. The second-order valence-corrected chi connectivity index (χ2v) is 7.34. The number of rotatable bonds is 4. The Bertz CT molecular complexity index is 1460. The van der Waals surface area contributed by atoms with Gasteiger partial charge in [-0.3, -0.25) is 0 Å². The van der Waals surface area contributed by atoms with Crippen LogP contribution in [0, 0.1) is 18.6 Å². The van der Waals surface area contributed by atoms with Crippen LogP contribution < -0.4 is 5.32 Å². The minimum atomic E-state index is -0.739. The van der Waals surface area contributed by atoms with Crippen molar-refractivity contribution >= 4 is 22.3 Å². The minimum Gasteiger partial charge on any atom is -0.505 e. The number of aromatic hydroxyl groups is 1. The predicted octanol–water partition coefficient (Wildman–Crippen LogP) is 5.52. The number of hydrogen-bond donors (Lipinski definition) is 2. The van der Waals surface area contributed by atoms with Crippen LogP contribution in [0.4, 0.5) is 20.2 Å². The Morgan fingerprint density at radius 3 is 2.59 bits per heavy atom. The van der Waals surface area contributed by atoms with Gasteiger partial charge in [-0.2, -0.15) is 0 Å². The van der Waals surface area contributed by atoms with Crippen molar-refractivity contribution in [3.8, 4) is 22.8 Å². The highest BCUT2D eigenvalue weighted by Crippen LogP contribution is 2.28. The van der Waals surface area contributed by atoms with Crippen LogP contribution in [-0.4, -0.2) is 25.1 Å². The molecule has 8 heteroatoms. The van der Waals surface area contributed by atoms with E-state index in [0.29, 0.717) is 28.3 Å². The van der Waals surface area contributed by atoms with Crippen molar-refractivity contribution in [2.75, 3.05) is 5.32 Å². The van der Waals surface area contributed by atoms with Gasteiger partial charge in [-0.25, -0.2) is 18.4 Å². The fourth-order valence-electron chi connectivity index (χ4n) is 3.38. The lowest BCUT2D eigenvalue weighted by molar-refractivity contribution is 0.432. The lowest BCUT2D eigenvalue weighted by atomic mass is 10.1. The van der Waals surface area contributed by atoms with E-state index in [9.17, 15) is 13.9 Å². The number of hydrogen-bond acceptors (Lipinski definition) is 5. The lowest BCUT2D eigenvalue weighted by Crippen LogP contribution is -1.95. The molecule has 158 valence electrons. The number of nitrogens with one attached hydrogen (secondary N) is 1. The summed E-state index contributed by atoms with van der Waals surface area (Å²) in [5.74, 6) is -1.44. The first-order valence-electron chi connectivity index (χ1n) is 9.82. The maximum Gasteiger partial charge on any atom is 0.166 e. The Kier molecular flexibility index (Phi) is 4.74. The van der Waals surface area contributed by atoms with Gasteiger partial charge in [0.1, 0.15) is 11.5 Å². The molecule has 2 heterocycles. The number of pyridine rings is 1. The zero-order chi connectivity index (χ0) is 22.2. The molecule has 0 fully saturated rings. The maximum absolute atomic E-state index is 13.9. The number of phenols is 1. The van der Waals surface area contributed by atoms with Crippen LogP contribution in [0.25, 0.3) is 28.0 Å². The van der Waals surface area contributed by atoms with Gasteiger partial charge in [0.25, 0.3) is 0 Å². The van der Waals surface area contributed by atoms with E-state index < -0.39 is 11.6 Å². The summed E-state index contributed by atoms with van der Waals surface area (Å²) in [6.45, 7) is 1.72. The Morgan fingerprint density at radius 1 is 0.906 bits per heavy atom. The molecule has 0 atom stereocenters. The van der Waals surface area contributed by atoms with Crippen molar-refractivity contribution in [1.29, 1.82) is 0 Å². The molecule has 2 aromatic heterocycles. The molecule has 0 aliphatic carbocycles. The molecule has 0 aliphatic rings. The maximum atomic E-state index is 13.9. The summed E-state index contributed by atoms with van der Waals surface area (Å²) in [4.78, 5) is 4.67. The first kappa shape index (κ1) is 19.6. The number of anilines is 2. The Balaban J connectivity index is 1.47. The van der Waals surface area contributed by atoms with E-state index in [-0.39, 0.29) is 5.82 Å². The van der Waals surface area contributed by atoms with Crippen molar-refractivity contribution in [2.24, 2.45) is 0 Å². The smallest absolute Gasteiger partial charge is 0.166 e. The van der Waals surface area contributed by atoms with Crippen molar-refractivity contribution in [2.45, 2.75) is 6.92 Å². The van der Waals surface area contributed by atoms with Crippen LogP contribution >= 0.6 is 0 Å². The first-order valence-corrected chi connectivity index (χ1v) is 9.82. The fourth-order valence-corrected chi connectivity index (χ4v) is 3.38. The third-order valence-corrected chi connectivity index (χ3v) is 5.13. The average molecular weight is 429 g/mol. The fraction of sp³-hybridized carbons (Fsp3) is 0.0417. The highest BCUT2D eigenvalue weighted by atomic mass is 19.1. The summed E-state index contributed by atoms with van der Waals surface area (Å²) in [5.41, 5.74) is 4.30. The molecule has 5 aromatic rings. The molecule has 3 aromatic carbocycles. The Labute approximate surface area is 181 Å². The molecule has 0 unspecified atom stereocenters. The normalized spacial score (nSPS) is 11.1. The van der Waals surface area contributed by atoms with Gasteiger partial charge in [-0.1, -0.05) is 17.3 Å². The molecule has 6 nitrogen and oxygen atoms in total. The van der Waals surface area contributed by atoms with Crippen molar-refractivity contribution < 1.29 is 13.9 Å². The van der Waals surface area contributed by atoms with Gasteiger partial charge in [0.15, 0.2) is 11.6 Å². The van der Waals surface area contributed by atoms with Gasteiger partial charge >= 0.3 is 0 Å². The topological polar surface area (TPSA) is 75.9 Å². The summed E-state index contributed by atoms with van der Waals surface area (Å²) >= 11 is 0. The van der Waals surface area contributed by atoms with Gasteiger partial charge < -0.3 is 10.4 Å². The first-order chi connectivity index (χ1) is 15.5. The number of fused-ring (bicyclic) bond motifs is 1. The number of aromatic nitrogens is 4. The molecular weight excluding hydrogens is 412 g/mol. The van der Waals surface area contributed by atoms with Crippen molar-refractivity contribution in [3.63, 3.8) is 0 Å². The quantitative estimate of drug-likeness (QED) is 0.394. The zero-order valence-corrected chi connectivity index (χ0v) is 16.9. The third kappa shape index (κ3) is 3.62. The molecule has 32 heavy (non-hydrogen) atoms. The summed E-state index contributed by atoms with van der Waals surface area (Å²) in [7, 11) is 0. The molecular formula is C24H17F2N5O. The van der Waals surface area contributed by atoms with E-state index in [4.69, 9.17) is 0 Å². The van der Waals surface area contributed by atoms with E-state index >= 15 is 0 Å². The van der Waals surface area contributed by atoms with Crippen LogP contribution in [0.15, 0.2) is 72.9 Å². The number of benzene rings is 3. The van der Waals surface area contributed by atoms with E-state index in [1.807, 2.05) is 36.4 Å². The molecule has 0 saturated heterocycles. The van der Waals surface area contributed by atoms with Crippen LogP contribution in [-0.2, 0) is 0 Å². The summed E-state index contributed by atoms with van der Waals surface area (Å²) in [6, 6.07) is 18.3. The average Bonchev–Trinajstić information content (AvgIpc) is 3.28. The number of halogens is 2. The highest BCUT2D eigenvalue weighted by Gasteiger charge is 2.11. The van der Waals surface area contributed by atoms with Crippen molar-refractivity contribution in [1.82, 2.24) is 20.0 Å². The van der Waals surface area contributed by atoms with Crippen molar-refractivity contribution in [3.05, 3.63) is 90.1 Å². The monoisotopic (exact) mass is 429 g/mol. The Morgan fingerprint density at radius 2 is 1.78 bits per heavy atom. The molecule has 5 rings (SSSR count). The standard InChI is InChI=1S/C24H17F2N5O/c1-14-5-6-15(11-18(14)25)27-20-3-2-4-21-17(20)8-9-22(28-21)23-13-31(30-29-23)16-7-10-24(32)19(26)12-16/h2-13,27,32H,1H3. The van der Waals surface area contributed by atoms with Gasteiger partial charge in [-0.15, -0.1) is 5.10 Å². The van der Waals surface area contributed by atoms with E-state index in [1.54, 1.807) is 19.2 Å². The number of nitrogens with zero attached hydrogens (tertiary/aromatic N) is 4. The molecule has 2 N–H and O–H groups in total. The number of aryl methyl sites for hydroxylation is 1. The Hall–Kier alpha value is -4.33. The largest absolute Gasteiger partial charge is 0.505 e. The van der Waals surface area contributed by atoms with Crippen LogP contribution in [0.3, 0.4) is 0 Å². The SMILES string of the molecule is Cc1ccc(Nc2cccc3nc(-c4cn(-c5ccc(O)c(F)c5)nn4)ccc23)cc1F. The summed E-state index contributed by atoms with van der Waals surface area (Å²) in [6.07, 6.45) is 1.64. The lowest BCUT2D eigenvalue weighted by Gasteiger charge is -2.11. The molecule has 0 bridgehead atoms. The molecule has 0 amide bonds. The summed E-state index contributed by atoms with van der Waals surface area (Å²) in [5, 5.41) is 21.6. The molecule has 0 radical (unpaired) electrons. The number of phenolic OH excluding ortho intramolecular Hbond substituents is 1. The van der Waals surface area contributed by atoms with E-state index in [0.717, 1.165) is 16.6 Å². The predicted molar refractivity (Wildman–Crippen MR) is 118 cm³/mol. The van der Waals surface area contributed by atoms with Gasteiger partial charge in [0, 0.05) is 22.8 Å². The molecule has 0 aliphatic heterocycles. The van der Waals surface area contributed by atoms with Gasteiger partial charge in [0.2, 0.25) is 0 Å².